The molecule has 4 aliphatic carbocycles. The second-order valence-electron chi connectivity index (χ2n) is 8.43. The van der Waals surface area contributed by atoms with E-state index in [4.69, 9.17) is 5.10 Å². The molecule has 8 heteroatoms. The van der Waals surface area contributed by atoms with E-state index in [1.807, 2.05) is 12.3 Å². The quantitative estimate of drug-likeness (QED) is 0.206. The molecule has 5 unspecified atom stereocenters. The lowest BCUT2D eigenvalue weighted by Crippen LogP contribution is -2.37. The maximum atomic E-state index is 11.2. The monoisotopic (exact) mass is 368 g/mol. The first-order valence-corrected chi connectivity index (χ1v) is 9.84. The first kappa shape index (κ1) is 17.2. The van der Waals surface area contributed by atoms with E-state index in [2.05, 4.69) is 15.4 Å². The minimum atomic E-state index is -0.570. The van der Waals surface area contributed by atoms with Crippen LogP contribution >= 0.6 is 0 Å². The van der Waals surface area contributed by atoms with E-state index in [1.54, 1.807) is 6.20 Å². The van der Waals surface area contributed by atoms with Crippen molar-refractivity contribution in [3.8, 4) is 0 Å². The Bertz CT molecular complexity index is 900. The molecule has 6 rings (SSSR count). The molecule has 7 nitrogen and oxygen atoms in total. The maximum absolute atomic E-state index is 11.2. The van der Waals surface area contributed by atoms with Crippen LogP contribution in [0.2, 0.25) is 0 Å². The molecule has 4 saturated carbocycles. The lowest BCUT2D eigenvalue weighted by Gasteiger charge is -2.33. The van der Waals surface area contributed by atoms with Crippen molar-refractivity contribution in [2.45, 2.75) is 31.3 Å². The summed E-state index contributed by atoms with van der Waals surface area (Å²) in [6.45, 7) is 0.372. The number of rotatable bonds is 6. The number of hydrazone groups is 1. The SMILES string of the molecule is OBc1cnc2[nH]ccc2c1/C(=N\NCCO)C1C2CC3CC1C(O)(C3)C2. The van der Waals surface area contributed by atoms with Gasteiger partial charge in [0.05, 0.1) is 24.5 Å². The van der Waals surface area contributed by atoms with Gasteiger partial charge in [0.2, 0.25) is 0 Å². The summed E-state index contributed by atoms with van der Waals surface area (Å²) in [6, 6.07) is 1.97. The van der Waals surface area contributed by atoms with Crippen LogP contribution in [0, 0.1) is 23.7 Å². The summed E-state index contributed by atoms with van der Waals surface area (Å²) in [5.41, 5.74) is 5.75. The van der Waals surface area contributed by atoms with Gasteiger partial charge in [-0.15, -0.1) is 0 Å². The van der Waals surface area contributed by atoms with Gasteiger partial charge in [-0.2, -0.15) is 5.10 Å². The Labute approximate surface area is 158 Å². The molecule has 4 bridgehead atoms. The van der Waals surface area contributed by atoms with Crippen molar-refractivity contribution in [3.63, 3.8) is 0 Å². The van der Waals surface area contributed by atoms with E-state index in [9.17, 15) is 15.2 Å². The van der Waals surface area contributed by atoms with Crippen LogP contribution in [-0.4, -0.2) is 57.2 Å². The van der Waals surface area contributed by atoms with Crippen LogP contribution < -0.4 is 10.9 Å². The topological polar surface area (TPSA) is 114 Å². The first-order chi connectivity index (χ1) is 13.1. The zero-order chi connectivity index (χ0) is 18.6. The van der Waals surface area contributed by atoms with Gasteiger partial charge in [0.15, 0.2) is 0 Å². The van der Waals surface area contributed by atoms with E-state index < -0.39 is 5.60 Å². The number of fused-ring (bicyclic) bond motifs is 1. The smallest absolute Gasteiger partial charge is 0.307 e. The standard InChI is InChI=1S/C19H25BN4O3/c25-4-3-23-24-17(15-11-5-10-6-13(15)19(26,7-10)8-11)16-12-1-2-21-18(12)22-9-14(16)20-27/h1-2,9-11,13,15,20,23,25-27H,3-8H2,(H,21,22)/b24-17-. The highest BCUT2D eigenvalue weighted by molar-refractivity contribution is 6.49. The number of nitrogens with one attached hydrogen (secondary N) is 2. The van der Waals surface area contributed by atoms with Gasteiger partial charge in [-0.25, -0.2) is 4.98 Å². The molecule has 0 amide bonds. The van der Waals surface area contributed by atoms with Crippen molar-refractivity contribution >= 4 is 29.7 Å². The molecule has 2 aromatic rings. The fourth-order valence-corrected chi connectivity index (χ4v) is 6.15. The zero-order valence-electron chi connectivity index (χ0n) is 15.2. The summed E-state index contributed by atoms with van der Waals surface area (Å²) in [5, 5.41) is 36.0. The van der Waals surface area contributed by atoms with Crippen molar-refractivity contribution in [1.29, 1.82) is 0 Å². The predicted molar refractivity (Wildman–Crippen MR) is 104 cm³/mol. The highest BCUT2D eigenvalue weighted by atomic mass is 16.3. The minimum absolute atomic E-state index is 0.00306. The normalized spacial score (nSPS) is 34.6. The third-order valence-corrected chi connectivity index (χ3v) is 6.94. The van der Waals surface area contributed by atoms with E-state index in [1.165, 1.54) is 0 Å². The third kappa shape index (κ3) is 2.54. The second-order valence-corrected chi connectivity index (χ2v) is 8.43. The lowest BCUT2D eigenvalue weighted by molar-refractivity contribution is 0.00919. The molecule has 5 N–H and O–H groups in total. The van der Waals surface area contributed by atoms with Gasteiger partial charge >= 0.3 is 7.48 Å². The number of hydrogen-bond donors (Lipinski definition) is 5. The predicted octanol–water partition coefficient (Wildman–Crippen LogP) is -0.385. The number of aliphatic hydroxyl groups is 2. The van der Waals surface area contributed by atoms with Gasteiger partial charge in [0.1, 0.15) is 5.65 Å². The summed E-state index contributed by atoms with van der Waals surface area (Å²) in [4.78, 5) is 7.55. The number of nitrogens with zero attached hydrogens (tertiary/aromatic N) is 2. The molecule has 0 saturated heterocycles. The van der Waals surface area contributed by atoms with Crippen LogP contribution in [0.25, 0.3) is 11.0 Å². The molecular formula is C19H25BN4O3. The zero-order valence-corrected chi connectivity index (χ0v) is 15.2. The summed E-state index contributed by atoms with van der Waals surface area (Å²) >= 11 is 0. The molecule has 0 aromatic carbocycles. The molecule has 5 atom stereocenters. The number of aromatic nitrogens is 2. The molecular weight excluding hydrogens is 343 g/mol. The van der Waals surface area contributed by atoms with Crippen LogP contribution in [0.5, 0.6) is 0 Å². The number of aromatic amines is 1. The fraction of sp³-hybridized carbons (Fsp3) is 0.579. The molecule has 142 valence electrons. The van der Waals surface area contributed by atoms with Crippen molar-refractivity contribution < 1.29 is 15.2 Å². The van der Waals surface area contributed by atoms with Crippen molar-refractivity contribution in [2.75, 3.05) is 13.2 Å². The number of hydrogen-bond acceptors (Lipinski definition) is 6. The van der Waals surface area contributed by atoms with Crippen LogP contribution in [0.4, 0.5) is 0 Å². The van der Waals surface area contributed by atoms with Gasteiger partial charge in [-0.3, -0.25) is 0 Å². The van der Waals surface area contributed by atoms with Crippen LogP contribution in [0.3, 0.4) is 0 Å². The van der Waals surface area contributed by atoms with E-state index in [-0.39, 0.29) is 25.9 Å². The molecule has 4 aliphatic rings. The molecule has 4 fully saturated rings. The maximum Gasteiger partial charge on any atom is 0.307 e. The molecule has 0 spiro atoms. The van der Waals surface area contributed by atoms with E-state index >= 15 is 0 Å². The minimum Gasteiger partial charge on any atom is -0.449 e. The van der Waals surface area contributed by atoms with Gasteiger partial charge in [0.25, 0.3) is 0 Å². The van der Waals surface area contributed by atoms with Gasteiger partial charge in [-0.1, -0.05) is 0 Å². The average Bonchev–Trinajstić information content (AvgIpc) is 3.27. The van der Waals surface area contributed by atoms with Gasteiger partial charge in [-0.05, 0) is 55.0 Å². The average molecular weight is 368 g/mol. The highest BCUT2D eigenvalue weighted by Gasteiger charge is 2.63. The Kier molecular flexibility index (Phi) is 4.03. The second kappa shape index (κ2) is 6.33. The number of H-pyrrole nitrogens is 1. The Morgan fingerprint density at radius 3 is 3.07 bits per heavy atom. The van der Waals surface area contributed by atoms with Crippen LogP contribution in [0.15, 0.2) is 23.6 Å². The van der Waals surface area contributed by atoms with Crippen molar-refractivity contribution in [1.82, 2.24) is 15.4 Å². The van der Waals surface area contributed by atoms with Crippen molar-refractivity contribution in [3.05, 3.63) is 24.0 Å². The largest absolute Gasteiger partial charge is 0.449 e. The highest BCUT2D eigenvalue weighted by Crippen LogP contribution is 2.63. The third-order valence-electron chi connectivity index (χ3n) is 6.94. The Balaban J connectivity index is 1.65. The Hall–Kier alpha value is -1.90. The molecule has 27 heavy (non-hydrogen) atoms. The number of pyridine rings is 1. The molecule has 0 radical (unpaired) electrons. The van der Waals surface area contributed by atoms with E-state index in [0.717, 1.165) is 53.5 Å². The molecule has 0 aliphatic heterocycles. The van der Waals surface area contributed by atoms with Crippen LogP contribution in [0.1, 0.15) is 31.2 Å². The van der Waals surface area contributed by atoms with E-state index in [0.29, 0.717) is 18.4 Å². The summed E-state index contributed by atoms with van der Waals surface area (Å²) in [5.74, 6) is 1.41. The van der Waals surface area contributed by atoms with Crippen LogP contribution in [-0.2, 0) is 0 Å². The fourth-order valence-electron chi connectivity index (χ4n) is 6.15. The Morgan fingerprint density at radius 1 is 1.41 bits per heavy atom. The van der Waals surface area contributed by atoms with Gasteiger partial charge < -0.3 is 25.6 Å². The summed E-state index contributed by atoms with van der Waals surface area (Å²) in [7, 11) is -0.114. The van der Waals surface area contributed by atoms with Crippen molar-refractivity contribution in [2.24, 2.45) is 28.8 Å². The molecule has 2 heterocycles. The lowest BCUT2D eigenvalue weighted by atomic mass is 9.70. The summed E-state index contributed by atoms with van der Waals surface area (Å²) in [6.07, 6.45) is 7.49. The van der Waals surface area contributed by atoms with Gasteiger partial charge in [0, 0.05) is 29.3 Å². The Morgan fingerprint density at radius 2 is 2.30 bits per heavy atom. The summed E-state index contributed by atoms with van der Waals surface area (Å²) < 4.78 is 0. The number of aliphatic hydroxyl groups excluding tert-OH is 1. The first-order valence-electron chi connectivity index (χ1n) is 9.84. The molecule has 2 aromatic heterocycles.